The Hall–Kier alpha value is -4.05. The molecule has 1 aliphatic carbocycles. The number of aryl methyl sites for hydroxylation is 1. The zero-order valence-electron chi connectivity index (χ0n) is 21.7. The van der Waals surface area contributed by atoms with Crippen molar-refractivity contribution in [2.75, 3.05) is 44.9 Å². The average Bonchev–Trinajstić information content (AvgIpc) is 3.37. The molecular formula is C28H34N6O4. The highest BCUT2D eigenvalue weighted by Gasteiger charge is 2.15. The lowest BCUT2D eigenvalue weighted by molar-refractivity contribution is -0.135. The van der Waals surface area contributed by atoms with E-state index in [2.05, 4.69) is 30.4 Å². The van der Waals surface area contributed by atoms with Crippen LogP contribution in [0.4, 0.5) is 5.82 Å². The summed E-state index contributed by atoms with van der Waals surface area (Å²) in [5.41, 5.74) is 6.22. The second-order valence-corrected chi connectivity index (χ2v) is 8.78. The molecule has 1 aliphatic heterocycles. The molecule has 0 atom stereocenters. The van der Waals surface area contributed by atoms with Crippen LogP contribution >= 0.6 is 0 Å². The van der Waals surface area contributed by atoms with Crippen molar-refractivity contribution in [3.05, 3.63) is 77.3 Å². The van der Waals surface area contributed by atoms with Crippen molar-refractivity contribution in [2.45, 2.75) is 32.2 Å². The van der Waals surface area contributed by atoms with Crippen LogP contribution in [-0.2, 0) is 27.2 Å². The maximum atomic E-state index is 11.9. The first-order valence-electron chi connectivity index (χ1n) is 12.9. The number of hydrazone groups is 1. The quantitative estimate of drug-likeness (QED) is 0.207. The van der Waals surface area contributed by atoms with Gasteiger partial charge in [-0.25, -0.2) is 4.79 Å². The molecule has 200 valence electrons. The van der Waals surface area contributed by atoms with Crippen LogP contribution in [0.2, 0.25) is 0 Å². The third kappa shape index (κ3) is 8.52. The van der Waals surface area contributed by atoms with E-state index >= 15 is 0 Å². The number of nitrogens with zero attached hydrogens (tertiary/aromatic N) is 5. The van der Waals surface area contributed by atoms with Gasteiger partial charge < -0.3 is 24.5 Å². The number of ether oxygens (including phenoxy) is 3. The van der Waals surface area contributed by atoms with E-state index in [4.69, 9.17) is 14.2 Å². The van der Waals surface area contributed by atoms with Gasteiger partial charge in [-0.3, -0.25) is 4.98 Å². The summed E-state index contributed by atoms with van der Waals surface area (Å²) >= 11 is 0. The summed E-state index contributed by atoms with van der Waals surface area (Å²) in [7, 11) is 1.37. The number of methoxy groups -OCH3 is 1. The second kappa shape index (κ2) is 14.6. The molecule has 3 heterocycles. The molecule has 2 aromatic rings. The summed E-state index contributed by atoms with van der Waals surface area (Å²) in [5.74, 6) is 0.436. The van der Waals surface area contributed by atoms with Crippen molar-refractivity contribution in [3.8, 4) is 6.01 Å². The molecule has 0 unspecified atom stereocenters. The normalized spacial score (nSPS) is 15.9. The predicted molar refractivity (Wildman–Crippen MR) is 145 cm³/mol. The highest BCUT2D eigenvalue weighted by molar-refractivity contribution is 5.94. The minimum absolute atomic E-state index is 0.346. The van der Waals surface area contributed by atoms with Crippen LogP contribution < -0.4 is 15.1 Å². The first kappa shape index (κ1) is 27.0. The number of aromatic nitrogens is 3. The highest BCUT2D eigenvalue weighted by Crippen LogP contribution is 2.19. The molecule has 0 bridgehead atoms. The van der Waals surface area contributed by atoms with Gasteiger partial charge in [-0.2, -0.15) is 15.1 Å². The molecule has 1 N–H and O–H groups in total. The molecule has 38 heavy (non-hydrogen) atoms. The Morgan fingerprint density at radius 2 is 2.18 bits per heavy atom. The molecule has 0 spiro atoms. The van der Waals surface area contributed by atoms with E-state index in [1.807, 2.05) is 36.4 Å². The predicted octanol–water partition coefficient (Wildman–Crippen LogP) is 3.17. The van der Waals surface area contributed by atoms with E-state index in [1.54, 1.807) is 24.6 Å². The minimum atomic E-state index is -0.379. The first-order valence-corrected chi connectivity index (χ1v) is 12.9. The fourth-order valence-corrected chi connectivity index (χ4v) is 3.99. The van der Waals surface area contributed by atoms with E-state index < -0.39 is 0 Å². The number of rotatable bonds is 11. The number of nitrogens with one attached hydrogen (secondary N) is 1. The van der Waals surface area contributed by atoms with E-state index in [-0.39, 0.29) is 5.97 Å². The second-order valence-electron chi connectivity index (χ2n) is 8.78. The molecular weight excluding hydrogens is 484 g/mol. The summed E-state index contributed by atoms with van der Waals surface area (Å²) < 4.78 is 16.4. The van der Waals surface area contributed by atoms with Crippen LogP contribution in [0.5, 0.6) is 6.01 Å². The standard InChI is InChI=1S/C28H34N6O4/c1-36-27(35)23-9-3-2-8-22(18-23)20-30-31-21-25-19-26(34-13-7-15-37-17-14-34)33-28(32-25)38-16-6-11-24-10-4-5-12-29-24/h2-5,9-10,12,18-20,31H,6-8,11,13-17,21H2,1H3/b30-20+. The molecule has 10 nitrogen and oxygen atoms in total. The Balaban J connectivity index is 1.39. The fraction of sp³-hybridized carbons (Fsp3) is 0.393. The number of pyridine rings is 1. The first-order chi connectivity index (χ1) is 18.7. The summed E-state index contributed by atoms with van der Waals surface area (Å²) in [4.78, 5) is 27.7. The fourth-order valence-electron chi connectivity index (χ4n) is 3.99. The number of anilines is 1. The van der Waals surface area contributed by atoms with Crippen molar-refractivity contribution in [1.29, 1.82) is 0 Å². The van der Waals surface area contributed by atoms with Gasteiger partial charge in [-0.05, 0) is 55.5 Å². The number of hydrogen-bond donors (Lipinski definition) is 1. The van der Waals surface area contributed by atoms with Gasteiger partial charge in [0.2, 0.25) is 0 Å². The monoisotopic (exact) mass is 518 g/mol. The Labute approximate surface area is 223 Å². The molecule has 0 radical (unpaired) electrons. The number of hydrogen-bond acceptors (Lipinski definition) is 10. The Morgan fingerprint density at radius 1 is 1.24 bits per heavy atom. The Kier molecular flexibility index (Phi) is 10.4. The average molecular weight is 519 g/mol. The van der Waals surface area contributed by atoms with Crippen molar-refractivity contribution in [2.24, 2.45) is 5.10 Å². The topological polar surface area (TPSA) is 111 Å². The van der Waals surface area contributed by atoms with Gasteiger partial charge in [0.25, 0.3) is 0 Å². The zero-order chi connectivity index (χ0) is 26.4. The van der Waals surface area contributed by atoms with Crippen molar-refractivity contribution < 1.29 is 19.0 Å². The molecule has 1 saturated heterocycles. The van der Waals surface area contributed by atoms with Gasteiger partial charge in [0.05, 0.1) is 44.3 Å². The number of esters is 1. The maximum absolute atomic E-state index is 11.9. The summed E-state index contributed by atoms with van der Waals surface area (Å²) in [6, 6.07) is 8.21. The molecule has 4 rings (SSSR count). The smallest absolute Gasteiger partial charge is 0.337 e. The number of carbonyl (C=O) groups is 1. The van der Waals surface area contributed by atoms with Gasteiger partial charge in [0.15, 0.2) is 0 Å². The summed E-state index contributed by atoms with van der Waals surface area (Å²) in [6.45, 7) is 3.92. The molecule has 0 saturated carbocycles. The van der Waals surface area contributed by atoms with Gasteiger partial charge in [-0.1, -0.05) is 18.2 Å². The maximum Gasteiger partial charge on any atom is 0.337 e. The molecule has 1 fully saturated rings. The van der Waals surface area contributed by atoms with E-state index in [9.17, 15) is 4.79 Å². The van der Waals surface area contributed by atoms with Crippen LogP contribution in [0.1, 0.15) is 30.7 Å². The Bertz CT molecular complexity index is 1170. The molecule has 2 aliphatic rings. The summed E-state index contributed by atoms with van der Waals surface area (Å²) in [5, 5.41) is 4.35. The van der Waals surface area contributed by atoms with Gasteiger partial charge in [-0.15, -0.1) is 0 Å². The lowest BCUT2D eigenvalue weighted by Gasteiger charge is -2.21. The SMILES string of the molecule is COC(=O)C1=CC=CCC(/C=N/NCc2cc(N3CCCOCC3)nc(OCCCc3ccccn3)n2)=C1. The summed E-state index contributed by atoms with van der Waals surface area (Å²) in [6.07, 6.45) is 14.0. The van der Waals surface area contributed by atoms with Crippen LogP contribution in [0.15, 0.2) is 71.0 Å². The van der Waals surface area contributed by atoms with Crippen LogP contribution in [0, 0.1) is 0 Å². The van der Waals surface area contributed by atoms with Gasteiger partial charge in [0.1, 0.15) is 5.82 Å². The molecule has 0 aromatic carbocycles. The van der Waals surface area contributed by atoms with Crippen molar-refractivity contribution in [3.63, 3.8) is 0 Å². The molecule has 10 heteroatoms. The largest absolute Gasteiger partial charge is 0.465 e. The lowest BCUT2D eigenvalue weighted by atomic mass is 10.1. The third-order valence-corrected chi connectivity index (χ3v) is 5.94. The van der Waals surface area contributed by atoms with Crippen LogP contribution in [-0.4, -0.2) is 67.2 Å². The van der Waals surface area contributed by atoms with Crippen LogP contribution in [0.3, 0.4) is 0 Å². The molecule has 2 aromatic heterocycles. The third-order valence-electron chi connectivity index (χ3n) is 5.94. The zero-order valence-corrected chi connectivity index (χ0v) is 21.7. The number of allylic oxidation sites excluding steroid dienone is 4. The number of carbonyl (C=O) groups excluding carboxylic acids is 1. The Morgan fingerprint density at radius 3 is 3.05 bits per heavy atom. The van der Waals surface area contributed by atoms with Crippen LogP contribution in [0.25, 0.3) is 0 Å². The van der Waals surface area contributed by atoms with E-state index in [0.717, 1.165) is 61.7 Å². The minimum Gasteiger partial charge on any atom is -0.465 e. The highest BCUT2D eigenvalue weighted by atomic mass is 16.5. The van der Waals surface area contributed by atoms with Gasteiger partial charge in [0, 0.05) is 37.7 Å². The lowest BCUT2D eigenvalue weighted by Crippen LogP contribution is -2.27. The van der Waals surface area contributed by atoms with E-state index in [1.165, 1.54) is 7.11 Å². The van der Waals surface area contributed by atoms with E-state index in [0.29, 0.717) is 37.8 Å². The van der Waals surface area contributed by atoms with Crippen molar-refractivity contribution >= 4 is 18.0 Å². The van der Waals surface area contributed by atoms with Gasteiger partial charge >= 0.3 is 12.0 Å². The van der Waals surface area contributed by atoms with Crippen molar-refractivity contribution in [1.82, 2.24) is 20.4 Å². The molecule has 0 amide bonds.